The number of carbonyl (C=O) groups excluding carboxylic acids is 1. The Morgan fingerprint density at radius 3 is 2.56 bits per heavy atom. The fourth-order valence-electron chi connectivity index (χ4n) is 1.81. The number of hydrogen-bond donors (Lipinski definition) is 1. The van der Waals surface area contributed by atoms with Crippen LogP contribution in [0.1, 0.15) is 19.4 Å². The predicted molar refractivity (Wildman–Crippen MR) is 64.3 cm³/mol. The van der Waals surface area contributed by atoms with Crippen LogP contribution >= 0.6 is 0 Å². The number of rotatable bonds is 3. The van der Waals surface area contributed by atoms with Crippen molar-refractivity contribution in [2.75, 3.05) is 0 Å². The predicted octanol–water partition coefficient (Wildman–Crippen LogP) is 1.78. The van der Waals surface area contributed by atoms with Gasteiger partial charge in [0.2, 0.25) is 5.91 Å². The van der Waals surface area contributed by atoms with E-state index in [1.165, 1.54) is 5.56 Å². The number of nitrogens with zero attached hydrogens (tertiary/aromatic N) is 1. The maximum absolute atomic E-state index is 11.6. The van der Waals surface area contributed by atoms with Crippen LogP contribution in [0.5, 0.6) is 0 Å². The summed E-state index contributed by atoms with van der Waals surface area (Å²) in [6.07, 6.45) is 0.704. The van der Waals surface area contributed by atoms with Gasteiger partial charge in [-0.1, -0.05) is 44.2 Å². The van der Waals surface area contributed by atoms with Gasteiger partial charge < -0.3 is 5.32 Å². The van der Waals surface area contributed by atoms with Crippen molar-refractivity contribution in [2.45, 2.75) is 26.3 Å². The molecule has 1 N–H and O–H groups in total. The van der Waals surface area contributed by atoms with E-state index in [0.29, 0.717) is 6.42 Å². The normalized spacial score (nSPS) is 19.8. The van der Waals surface area contributed by atoms with Crippen LogP contribution in [0.2, 0.25) is 0 Å². The molecule has 0 saturated heterocycles. The molecule has 0 saturated carbocycles. The minimum Gasteiger partial charge on any atom is -0.312 e. The molecular weight excluding hydrogens is 200 g/mol. The zero-order chi connectivity index (χ0) is 11.5. The Morgan fingerprint density at radius 1 is 1.31 bits per heavy atom. The molecule has 0 aromatic heterocycles. The number of benzene rings is 1. The van der Waals surface area contributed by atoms with Crippen LogP contribution in [-0.2, 0) is 11.2 Å². The molecule has 2 rings (SSSR count). The Bertz CT molecular complexity index is 409. The molecule has 1 unspecified atom stereocenters. The lowest BCUT2D eigenvalue weighted by atomic mass is 10.1. The minimum atomic E-state index is -0.210. The van der Waals surface area contributed by atoms with Gasteiger partial charge >= 0.3 is 0 Å². The number of nitrogens with one attached hydrogen (secondary N) is 1. The highest BCUT2D eigenvalue weighted by atomic mass is 16.2. The summed E-state index contributed by atoms with van der Waals surface area (Å²) in [4.78, 5) is 16.0. The molecule has 0 aliphatic carbocycles. The van der Waals surface area contributed by atoms with Crippen molar-refractivity contribution < 1.29 is 4.79 Å². The molecule has 16 heavy (non-hydrogen) atoms. The molecule has 0 radical (unpaired) electrons. The molecule has 1 heterocycles. The third-order valence-electron chi connectivity index (χ3n) is 2.68. The molecule has 0 fully saturated rings. The molecular formula is C13H16N2O. The summed E-state index contributed by atoms with van der Waals surface area (Å²) in [5.41, 5.74) is 1.17. The van der Waals surface area contributed by atoms with Crippen molar-refractivity contribution in [2.24, 2.45) is 10.9 Å². The average Bonchev–Trinajstić information content (AvgIpc) is 2.61. The average molecular weight is 216 g/mol. The Balaban J connectivity index is 2.08. The van der Waals surface area contributed by atoms with Gasteiger partial charge in [0.05, 0.1) is 0 Å². The van der Waals surface area contributed by atoms with E-state index in [1.807, 2.05) is 44.2 Å². The van der Waals surface area contributed by atoms with Crippen LogP contribution in [-0.4, -0.2) is 17.8 Å². The summed E-state index contributed by atoms with van der Waals surface area (Å²) in [5, 5.41) is 2.84. The number of carbonyl (C=O) groups is 1. The van der Waals surface area contributed by atoms with Crippen molar-refractivity contribution in [3.8, 4) is 0 Å². The van der Waals surface area contributed by atoms with Gasteiger partial charge in [-0.15, -0.1) is 0 Å². The van der Waals surface area contributed by atoms with Crippen LogP contribution in [0.25, 0.3) is 0 Å². The smallest absolute Gasteiger partial charge is 0.250 e. The maximum Gasteiger partial charge on any atom is 0.250 e. The van der Waals surface area contributed by atoms with Crippen molar-refractivity contribution in [3.63, 3.8) is 0 Å². The SMILES string of the molecule is CC(C)C1N=C(Cc2ccccc2)NC1=O. The third kappa shape index (κ3) is 2.30. The summed E-state index contributed by atoms with van der Waals surface area (Å²) in [6, 6.07) is 9.84. The zero-order valence-corrected chi connectivity index (χ0v) is 9.60. The topological polar surface area (TPSA) is 41.5 Å². The first kappa shape index (κ1) is 10.9. The van der Waals surface area contributed by atoms with Crippen molar-refractivity contribution in [1.29, 1.82) is 0 Å². The highest BCUT2D eigenvalue weighted by Gasteiger charge is 2.28. The summed E-state index contributed by atoms with van der Waals surface area (Å²) >= 11 is 0. The quantitative estimate of drug-likeness (QED) is 0.822. The molecule has 3 heteroatoms. The molecule has 1 atom stereocenters. The second-order valence-corrected chi connectivity index (χ2v) is 4.42. The van der Waals surface area contributed by atoms with Gasteiger partial charge in [0.1, 0.15) is 11.9 Å². The number of aliphatic imine (C=N–C) groups is 1. The second-order valence-electron chi connectivity index (χ2n) is 4.42. The van der Waals surface area contributed by atoms with Crippen molar-refractivity contribution in [1.82, 2.24) is 5.32 Å². The molecule has 1 aliphatic rings. The zero-order valence-electron chi connectivity index (χ0n) is 9.60. The first-order chi connectivity index (χ1) is 7.66. The molecule has 84 valence electrons. The molecule has 1 aliphatic heterocycles. The van der Waals surface area contributed by atoms with Crippen molar-refractivity contribution >= 4 is 11.7 Å². The first-order valence-corrected chi connectivity index (χ1v) is 5.58. The van der Waals surface area contributed by atoms with E-state index in [4.69, 9.17) is 0 Å². The summed E-state index contributed by atoms with van der Waals surface area (Å²) in [6.45, 7) is 4.03. The lowest BCUT2D eigenvalue weighted by Gasteiger charge is -2.06. The van der Waals surface area contributed by atoms with Gasteiger partial charge in [-0.25, -0.2) is 0 Å². The second kappa shape index (κ2) is 4.47. The Morgan fingerprint density at radius 2 is 2.00 bits per heavy atom. The summed E-state index contributed by atoms with van der Waals surface area (Å²) < 4.78 is 0. The van der Waals surface area contributed by atoms with Gasteiger partial charge in [0.15, 0.2) is 0 Å². The van der Waals surface area contributed by atoms with Gasteiger partial charge in [-0.2, -0.15) is 0 Å². The number of hydrogen-bond acceptors (Lipinski definition) is 2. The fourth-order valence-corrected chi connectivity index (χ4v) is 1.81. The number of amides is 1. The van der Waals surface area contributed by atoms with Crippen molar-refractivity contribution in [3.05, 3.63) is 35.9 Å². The Labute approximate surface area is 95.6 Å². The van der Waals surface area contributed by atoms with E-state index in [2.05, 4.69) is 10.3 Å². The first-order valence-electron chi connectivity index (χ1n) is 5.58. The Kier molecular flexibility index (Phi) is 3.04. The maximum atomic E-state index is 11.6. The molecule has 1 aromatic carbocycles. The lowest BCUT2D eigenvalue weighted by molar-refractivity contribution is -0.120. The van der Waals surface area contributed by atoms with E-state index in [9.17, 15) is 4.79 Å². The standard InChI is InChI=1S/C13H16N2O/c1-9(2)12-13(16)15-11(14-12)8-10-6-4-3-5-7-10/h3-7,9,12H,8H2,1-2H3,(H,14,15,16). The molecule has 0 spiro atoms. The fraction of sp³-hybridized carbons (Fsp3) is 0.385. The van der Waals surface area contributed by atoms with E-state index in [0.717, 1.165) is 5.84 Å². The summed E-state index contributed by atoms with van der Waals surface area (Å²) in [7, 11) is 0. The minimum absolute atomic E-state index is 0.0286. The van der Waals surface area contributed by atoms with Crippen LogP contribution in [0.3, 0.4) is 0 Å². The lowest BCUT2D eigenvalue weighted by Crippen LogP contribution is -2.31. The van der Waals surface area contributed by atoms with Crippen LogP contribution in [0.15, 0.2) is 35.3 Å². The largest absolute Gasteiger partial charge is 0.312 e. The summed E-state index contributed by atoms with van der Waals surface area (Å²) in [5.74, 6) is 1.07. The molecule has 1 amide bonds. The van der Waals surface area contributed by atoms with Crippen LogP contribution < -0.4 is 5.32 Å². The van der Waals surface area contributed by atoms with Crippen LogP contribution in [0, 0.1) is 5.92 Å². The molecule has 0 bridgehead atoms. The highest BCUT2D eigenvalue weighted by molar-refractivity contribution is 6.06. The van der Waals surface area contributed by atoms with E-state index < -0.39 is 0 Å². The van der Waals surface area contributed by atoms with E-state index >= 15 is 0 Å². The van der Waals surface area contributed by atoms with Gasteiger partial charge in [-0.3, -0.25) is 9.79 Å². The highest BCUT2D eigenvalue weighted by Crippen LogP contribution is 2.13. The third-order valence-corrected chi connectivity index (χ3v) is 2.68. The van der Waals surface area contributed by atoms with Gasteiger partial charge in [-0.05, 0) is 11.5 Å². The monoisotopic (exact) mass is 216 g/mol. The van der Waals surface area contributed by atoms with Gasteiger partial charge in [0.25, 0.3) is 0 Å². The van der Waals surface area contributed by atoms with Gasteiger partial charge in [0, 0.05) is 6.42 Å². The van der Waals surface area contributed by atoms with E-state index in [1.54, 1.807) is 0 Å². The van der Waals surface area contributed by atoms with E-state index in [-0.39, 0.29) is 17.9 Å². The number of amidine groups is 1. The molecule has 3 nitrogen and oxygen atoms in total. The molecule has 1 aromatic rings. The van der Waals surface area contributed by atoms with Crippen LogP contribution in [0.4, 0.5) is 0 Å². The Hall–Kier alpha value is -1.64.